The molecule has 0 radical (unpaired) electrons. The minimum Gasteiger partial charge on any atom is -0.305 e. The van der Waals surface area contributed by atoms with Crippen LogP contribution in [0.25, 0.3) is 0 Å². The normalized spacial score (nSPS) is 13.0. The molecule has 0 aliphatic carbocycles. The summed E-state index contributed by atoms with van der Waals surface area (Å²) < 4.78 is 0. The number of nitrogens with one attached hydrogen (secondary N) is 1. The van der Waals surface area contributed by atoms with Crippen molar-refractivity contribution in [2.75, 3.05) is 0 Å². The van der Waals surface area contributed by atoms with Gasteiger partial charge < -0.3 is 5.32 Å². The summed E-state index contributed by atoms with van der Waals surface area (Å²) in [6.45, 7) is 11.0. The van der Waals surface area contributed by atoms with Gasteiger partial charge >= 0.3 is 0 Å². The Morgan fingerprint density at radius 3 is 1.96 bits per heavy atom. The molecule has 0 fully saturated rings. The van der Waals surface area contributed by atoms with Crippen molar-refractivity contribution in [1.82, 2.24) is 5.32 Å². The van der Waals surface area contributed by atoms with E-state index in [0.29, 0.717) is 12.0 Å². The number of Topliss-reactive ketones (excluding diaryl/α,β-unsaturated/α-hetero) is 3. The Bertz CT molecular complexity index is 580. The van der Waals surface area contributed by atoms with E-state index in [-0.39, 0.29) is 17.9 Å². The Hall–Kier alpha value is -1.81. The van der Waals surface area contributed by atoms with Gasteiger partial charge in [0.05, 0.1) is 6.04 Å². The quantitative estimate of drug-likeness (QED) is 0.620. The highest BCUT2D eigenvalue weighted by Gasteiger charge is 2.30. The van der Waals surface area contributed by atoms with Crippen LogP contribution in [-0.2, 0) is 16.0 Å². The van der Waals surface area contributed by atoms with Gasteiger partial charge in [0.15, 0.2) is 11.6 Å². The first-order chi connectivity index (χ1) is 10.5. The lowest BCUT2D eigenvalue weighted by Crippen LogP contribution is -2.47. The first-order valence-electron chi connectivity index (χ1n) is 7.97. The summed E-state index contributed by atoms with van der Waals surface area (Å²) in [5.74, 6) is -0.797. The molecule has 0 heterocycles. The van der Waals surface area contributed by atoms with E-state index in [1.807, 2.05) is 34.6 Å². The summed E-state index contributed by atoms with van der Waals surface area (Å²) >= 11 is 0. The van der Waals surface area contributed by atoms with Crippen LogP contribution in [0.4, 0.5) is 0 Å². The molecule has 1 rings (SSSR count). The maximum Gasteiger partial charge on any atom is 0.228 e. The SMILES string of the molecule is CC(=O)C(=O)c1ccc(CC(NC(C)C)C(=O)C(C)(C)C)cc1. The molecule has 0 aliphatic rings. The van der Waals surface area contributed by atoms with Crippen molar-refractivity contribution in [3.05, 3.63) is 35.4 Å². The second-order valence-electron chi connectivity index (χ2n) is 7.27. The van der Waals surface area contributed by atoms with Gasteiger partial charge in [0.2, 0.25) is 5.78 Å². The van der Waals surface area contributed by atoms with E-state index in [0.717, 1.165) is 5.56 Å². The fraction of sp³-hybridized carbons (Fsp3) is 0.526. The van der Waals surface area contributed by atoms with Crippen LogP contribution in [-0.4, -0.2) is 29.4 Å². The summed E-state index contributed by atoms with van der Waals surface area (Å²) in [6.07, 6.45) is 0.558. The molecule has 0 amide bonds. The summed E-state index contributed by atoms with van der Waals surface area (Å²) in [5.41, 5.74) is 0.925. The van der Waals surface area contributed by atoms with Gasteiger partial charge in [-0.3, -0.25) is 14.4 Å². The third-order valence-corrected chi connectivity index (χ3v) is 3.57. The number of hydrogen-bond donors (Lipinski definition) is 1. The Morgan fingerprint density at radius 1 is 1.04 bits per heavy atom. The van der Waals surface area contributed by atoms with Crippen LogP contribution in [0, 0.1) is 5.41 Å². The molecule has 4 heteroatoms. The Balaban J connectivity index is 2.94. The minimum atomic E-state index is -0.487. The molecule has 23 heavy (non-hydrogen) atoms. The predicted octanol–water partition coefficient (Wildman–Crippen LogP) is 2.98. The van der Waals surface area contributed by atoms with Gasteiger partial charge in [-0.15, -0.1) is 0 Å². The zero-order valence-electron chi connectivity index (χ0n) is 14.9. The molecule has 0 saturated carbocycles. The van der Waals surface area contributed by atoms with Crippen LogP contribution >= 0.6 is 0 Å². The van der Waals surface area contributed by atoms with Crippen molar-refractivity contribution in [2.45, 2.75) is 60.0 Å². The second kappa shape index (κ2) is 7.64. The molecule has 126 valence electrons. The maximum absolute atomic E-state index is 12.6. The second-order valence-corrected chi connectivity index (χ2v) is 7.27. The number of rotatable bonds is 7. The summed E-state index contributed by atoms with van der Waals surface area (Å²) in [4.78, 5) is 35.4. The number of carbonyl (C=O) groups is 3. The molecule has 0 aromatic heterocycles. The molecule has 0 aliphatic heterocycles. The highest BCUT2D eigenvalue weighted by atomic mass is 16.2. The van der Waals surface area contributed by atoms with Crippen LogP contribution in [0.1, 0.15) is 57.5 Å². The van der Waals surface area contributed by atoms with Gasteiger partial charge in [-0.05, 0) is 12.0 Å². The van der Waals surface area contributed by atoms with Crippen LogP contribution < -0.4 is 5.32 Å². The van der Waals surface area contributed by atoms with Gasteiger partial charge in [-0.1, -0.05) is 58.9 Å². The smallest absolute Gasteiger partial charge is 0.228 e. The first kappa shape index (κ1) is 19.2. The molecule has 4 nitrogen and oxygen atoms in total. The molecule has 1 N–H and O–H groups in total. The topological polar surface area (TPSA) is 63.2 Å². The van der Waals surface area contributed by atoms with Gasteiger partial charge in [-0.25, -0.2) is 0 Å². The predicted molar refractivity (Wildman–Crippen MR) is 91.7 cm³/mol. The highest BCUT2D eigenvalue weighted by Crippen LogP contribution is 2.19. The largest absolute Gasteiger partial charge is 0.305 e. The molecule has 1 atom stereocenters. The van der Waals surface area contributed by atoms with Gasteiger partial charge in [0.1, 0.15) is 0 Å². The van der Waals surface area contributed by atoms with Crippen molar-refractivity contribution in [3.63, 3.8) is 0 Å². The number of carbonyl (C=O) groups excluding carboxylic acids is 3. The summed E-state index contributed by atoms with van der Waals surface area (Å²) in [7, 11) is 0. The third-order valence-electron chi connectivity index (χ3n) is 3.57. The summed E-state index contributed by atoms with van der Waals surface area (Å²) in [6, 6.07) is 6.83. The zero-order chi connectivity index (χ0) is 17.8. The average Bonchev–Trinajstić information content (AvgIpc) is 2.44. The van der Waals surface area contributed by atoms with Crippen molar-refractivity contribution < 1.29 is 14.4 Å². The molecule has 0 bridgehead atoms. The van der Waals surface area contributed by atoms with E-state index in [4.69, 9.17) is 0 Å². The Kier molecular flexibility index (Phi) is 6.39. The number of benzene rings is 1. The van der Waals surface area contributed by atoms with Crippen molar-refractivity contribution in [3.8, 4) is 0 Å². The van der Waals surface area contributed by atoms with Crippen molar-refractivity contribution in [2.24, 2.45) is 5.41 Å². The highest BCUT2D eigenvalue weighted by molar-refractivity contribution is 6.42. The van der Waals surface area contributed by atoms with Crippen LogP contribution in [0.3, 0.4) is 0 Å². The van der Waals surface area contributed by atoms with Gasteiger partial charge in [0.25, 0.3) is 0 Å². The number of hydrogen-bond acceptors (Lipinski definition) is 4. The van der Waals surface area contributed by atoms with E-state index in [1.54, 1.807) is 24.3 Å². The zero-order valence-corrected chi connectivity index (χ0v) is 14.9. The van der Waals surface area contributed by atoms with E-state index in [9.17, 15) is 14.4 Å². The van der Waals surface area contributed by atoms with Crippen LogP contribution in [0.5, 0.6) is 0 Å². The third kappa shape index (κ3) is 5.71. The fourth-order valence-corrected chi connectivity index (χ4v) is 2.38. The lowest BCUT2D eigenvalue weighted by atomic mass is 9.84. The van der Waals surface area contributed by atoms with Crippen molar-refractivity contribution >= 4 is 17.3 Å². The Labute approximate surface area is 138 Å². The molecule has 0 saturated heterocycles. The Morgan fingerprint density at radius 2 is 1.57 bits per heavy atom. The monoisotopic (exact) mass is 317 g/mol. The standard InChI is InChI=1S/C19H27NO3/c1-12(2)20-16(18(23)19(4,5)6)11-14-7-9-15(10-8-14)17(22)13(3)21/h7-10,12,16,20H,11H2,1-6H3. The summed E-state index contributed by atoms with van der Waals surface area (Å²) in [5, 5.41) is 3.32. The molecule has 1 aromatic rings. The molecule has 1 unspecified atom stereocenters. The van der Waals surface area contributed by atoms with E-state index in [2.05, 4.69) is 5.32 Å². The minimum absolute atomic E-state index is 0.162. The molecule has 0 spiro atoms. The first-order valence-corrected chi connectivity index (χ1v) is 7.97. The molecular weight excluding hydrogens is 290 g/mol. The van der Waals surface area contributed by atoms with Crippen molar-refractivity contribution in [1.29, 1.82) is 0 Å². The fourth-order valence-electron chi connectivity index (χ4n) is 2.38. The van der Waals surface area contributed by atoms with Crippen LogP contribution in [0.15, 0.2) is 24.3 Å². The van der Waals surface area contributed by atoms with E-state index < -0.39 is 17.0 Å². The number of ketones is 3. The van der Waals surface area contributed by atoms with E-state index >= 15 is 0 Å². The lowest BCUT2D eigenvalue weighted by Gasteiger charge is -2.27. The van der Waals surface area contributed by atoms with Gasteiger partial charge in [-0.2, -0.15) is 0 Å². The van der Waals surface area contributed by atoms with E-state index in [1.165, 1.54) is 6.92 Å². The average molecular weight is 317 g/mol. The van der Waals surface area contributed by atoms with Gasteiger partial charge in [0, 0.05) is 23.9 Å². The van der Waals surface area contributed by atoms with Crippen LogP contribution in [0.2, 0.25) is 0 Å². The molecule has 1 aromatic carbocycles. The molecular formula is C19H27NO3. The lowest BCUT2D eigenvalue weighted by molar-refractivity contribution is -0.128. The maximum atomic E-state index is 12.6.